The number of hydrogen-bond donors (Lipinski definition) is 3. The van der Waals surface area contributed by atoms with Gasteiger partial charge in [-0.15, -0.1) is 0 Å². The Labute approximate surface area is 215 Å². The molecule has 0 aliphatic heterocycles. The number of carbonyl (C=O) groups excluding carboxylic acids is 2. The van der Waals surface area contributed by atoms with Crippen LogP contribution in [0.25, 0.3) is 0 Å². The molecule has 0 aliphatic carbocycles. The monoisotopic (exact) mass is 524 g/mol. The predicted octanol–water partition coefficient (Wildman–Crippen LogP) is 3.09. The molecular weight excluding hydrogens is 496 g/mol. The van der Waals surface area contributed by atoms with Crippen LogP contribution in [0.5, 0.6) is 11.5 Å². The van der Waals surface area contributed by atoms with Crippen LogP contribution < -0.4 is 15.5 Å². The first kappa shape index (κ1) is 27.4. The summed E-state index contributed by atoms with van der Waals surface area (Å²) in [6.45, 7) is 2.98. The minimum absolute atomic E-state index is 0.0186. The molecule has 3 rings (SSSR count). The van der Waals surface area contributed by atoms with Crippen LogP contribution in [-0.4, -0.2) is 49.0 Å². The van der Waals surface area contributed by atoms with Crippen molar-refractivity contribution in [3.8, 4) is 11.5 Å². The maximum absolute atomic E-state index is 13.4. The van der Waals surface area contributed by atoms with Crippen LogP contribution in [0.3, 0.4) is 0 Å². The lowest BCUT2D eigenvalue weighted by atomic mass is 10.2. The zero-order valence-corrected chi connectivity index (χ0v) is 21.2. The zero-order valence-electron chi connectivity index (χ0n) is 20.4. The molecule has 3 aromatic carbocycles. The molecule has 0 saturated heterocycles. The molecule has 0 heterocycles. The lowest BCUT2D eigenvalue weighted by molar-refractivity contribution is -0.121. The Bertz CT molecular complexity index is 1360. The van der Waals surface area contributed by atoms with E-state index in [1.807, 2.05) is 6.07 Å². The number of phenols is 1. The highest BCUT2D eigenvalue weighted by atomic mass is 32.2. The van der Waals surface area contributed by atoms with E-state index in [0.717, 1.165) is 4.31 Å². The molecule has 0 saturated carbocycles. The summed E-state index contributed by atoms with van der Waals surface area (Å²) in [6.07, 6.45) is 1.36. The molecule has 0 aromatic heterocycles. The summed E-state index contributed by atoms with van der Waals surface area (Å²) in [5, 5.41) is 16.3. The fourth-order valence-electron chi connectivity index (χ4n) is 3.33. The summed E-state index contributed by atoms with van der Waals surface area (Å²) in [5.41, 5.74) is 4.06. The first-order valence-corrected chi connectivity index (χ1v) is 12.8. The number of hydrazone groups is 1. The maximum atomic E-state index is 13.4. The van der Waals surface area contributed by atoms with Gasteiger partial charge in [0.1, 0.15) is 0 Å². The number of carbonyl (C=O) groups is 2. The number of hydrogen-bond acceptors (Lipinski definition) is 7. The molecule has 0 fully saturated rings. The fraction of sp³-hybridized carbons (Fsp3) is 0.192. The molecule has 0 spiro atoms. The molecule has 0 unspecified atom stereocenters. The number of sulfonamides is 1. The first-order valence-electron chi connectivity index (χ1n) is 11.4. The molecule has 0 radical (unpaired) electrons. The van der Waals surface area contributed by atoms with Crippen LogP contribution in [0.4, 0.5) is 5.69 Å². The summed E-state index contributed by atoms with van der Waals surface area (Å²) >= 11 is 0. The third kappa shape index (κ3) is 7.89. The summed E-state index contributed by atoms with van der Waals surface area (Å²) in [5.74, 6) is -0.660. The standard InChI is InChI=1S/C26H28N4O6S/c1-3-36-25-15-21(9-14-24(25)32)16-27-29-26(33)18-30(17-20-7-5-4-6-8-20)37(34,35)23-12-10-22(11-13-23)28-19(2)31/h4-16,32H,3,17-18H2,1-2H3,(H,28,31)(H,29,33)/b27-16-. The minimum atomic E-state index is -4.07. The Morgan fingerprint density at radius 1 is 1.05 bits per heavy atom. The van der Waals surface area contributed by atoms with E-state index in [-0.39, 0.29) is 28.8 Å². The lowest BCUT2D eigenvalue weighted by Gasteiger charge is -2.21. The van der Waals surface area contributed by atoms with E-state index in [1.165, 1.54) is 43.5 Å². The van der Waals surface area contributed by atoms with Crippen molar-refractivity contribution < 1.29 is 27.9 Å². The first-order chi connectivity index (χ1) is 17.7. The van der Waals surface area contributed by atoms with E-state index in [4.69, 9.17) is 4.74 Å². The number of phenolic OH excluding ortho intramolecular Hbond substituents is 1. The van der Waals surface area contributed by atoms with Gasteiger partial charge in [0.15, 0.2) is 11.5 Å². The van der Waals surface area contributed by atoms with Crippen molar-refractivity contribution >= 4 is 33.7 Å². The quantitative estimate of drug-likeness (QED) is 0.260. The highest BCUT2D eigenvalue weighted by Crippen LogP contribution is 2.26. The van der Waals surface area contributed by atoms with E-state index in [2.05, 4.69) is 15.8 Å². The van der Waals surface area contributed by atoms with Gasteiger partial charge in [-0.1, -0.05) is 30.3 Å². The number of nitrogens with one attached hydrogen (secondary N) is 2. The zero-order chi connectivity index (χ0) is 26.8. The molecule has 0 bridgehead atoms. The molecule has 10 nitrogen and oxygen atoms in total. The Kier molecular flexibility index (Phi) is 9.36. The van der Waals surface area contributed by atoms with Crippen molar-refractivity contribution in [3.05, 3.63) is 83.9 Å². The largest absolute Gasteiger partial charge is 0.504 e. The number of anilines is 1. The summed E-state index contributed by atoms with van der Waals surface area (Å²) in [6, 6.07) is 19.2. The molecule has 2 amide bonds. The summed E-state index contributed by atoms with van der Waals surface area (Å²) in [4.78, 5) is 23.9. The van der Waals surface area contributed by atoms with Crippen molar-refractivity contribution in [2.24, 2.45) is 5.10 Å². The average Bonchev–Trinajstić information content (AvgIpc) is 2.86. The summed E-state index contributed by atoms with van der Waals surface area (Å²) < 4.78 is 33.2. The van der Waals surface area contributed by atoms with Crippen molar-refractivity contribution in [2.75, 3.05) is 18.5 Å². The Balaban J connectivity index is 1.77. The molecule has 37 heavy (non-hydrogen) atoms. The van der Waals surface area contributed by atoms with Crippen LogP contribution in [-0.2, 0) is 26.2 Å². The fourth-order valence-corrected chi connectivity index (χ4v) is 4.72. The number of ether oxygens (including phenoxy) is 1. The van der Waals surface area contributed by atoms with E-state index >= 15 is 0 Å². The van der Waals surface area contributed by atoms with Crippen molar-refractivity contribution in [1.29, 1.82) is 0 Å². The summed E-state index contributed by atoms with van der Waals surface area (Å²) in [7, 11) is -4.07. The SMILES string of the molecule is CCOc1cc(/C=N\NC(=O)CN(Cc2ccccc2)S(=O)(=O)c2ccc(NC(C)=O)cc2)ccc1O. The van der Waals surface area contributed by atoms with E-state index in [0.29, 0.717) is 23.4 Å². The number of nitrogens with zero attached hydrogens (tertiary/aromatic N) is 2. The van der Waals surface area contributed by atoms with E-state index in [9.17, 15) is 23.1 Å². The van der Waals surface area contributed by atoms with Crippen molar-refractivity contribution in [3.63, 3.8) is 0 Å². The van der Waals surface area contributed by atoms with Crippen LogP contribution in [0, 0.1) is 0 Å². The molecule has 194 valence electrons. The topological polar surface area (TPSA) is 137 Å². The second-order valence-electron chi connectivity index (χ2n) is 7.92. The molecule has 0 atom stereocenters. The second-order valence-corrected chi connectivity index (χ2v) is 9.86. The number of amides is 2. The van der Waals surface area contributed by atoms with Gasteiger partial charge < -0.3 is 15.2 Å². The number of benzene rings is 3. The second kappa shape index (κ2) is 12.7. The van der Waals surface area contributed by atoms with Gasteiger partial charge in [-0.3, -0.25) is 9.59 Å². The van der Waals surface area contributed by atoms with Gasteiger partial charge in [0.25, 0.3) is 5.91 Å². The minimum Gasteiger partial charge on any atom is -0.504 e. The van der Waals surface area contributed by atoms with Gasteiger partial charge in [0.05, 0.1) is 24.3 Å². The highest BCUT2D eigenvalue weighted by Gasteiger charge is 2.27. The average molecular weight is 525 g/mol. The number of rotatable bonds is 11. The highest BCUT2D eigenvalue weighted by molar-refractivity contribution is 7.89. The van der Waals surface area contributed by atoms with Gasteiger partial charge in [-0.2, -0.15) is 9.41 Å². The predicted molar refractivity (Wildman–Crippen MR) is 140 cm³/mol. The van der Waals surface area contributed by atoms with E-state index in [1.54, 1.807) is 43.3 Å². The lowest BCUT2D eigenvalue weighted by Crippen LogP contribution is -2.39. The van der Waals surface area contributed by atoms with Crippen LogP contribution in [0.1, 0.15) is 25.0 Å². The van der Waals surface area contributed by atoms with Crippen LogP contribution in [0.15, 0.2) is 82.8 Å². The molecule has 3 aromatic rings. The third-order valence-electron chi connectivity index (χ3n) is 5.02. The normalized spacial score (nSPS) is 11.4. The van der Waals surface area contributed by atoms with Gasteiger partial charge in [0.2, 0.25) is 15.9 Å². The van der Waals surface area contributed by atoms with Gasteiger partial charge in [0, 0.05) is 19.2 Å². The Morgan fingerprint density at radius 2 is 1.76 bits per heavy atom. The Hall–Kier alpha value is -4.22. The van der Waals surface area contributed by atoms with Gasteiger partial charge >= 0.3 is 0 Å². The van der Waals surface area contributed by atoms with E-state index < -0.39 is 22.5 Å². The number of aromatic hydroxyl groups is 1. The van der Waals surface area contributed by atoms with Crippen LogP contribution >= 0.6 is 0 Å². The van der Waals surface area contributed by atoms with Gasteiger partial charge in [-0.05, 0) is 60.5 Å². The van der Waals surface area contributed by atoms with Gasteiger partial charge in [-0.25, -0.2) is 13.8 Å². The van der Waals surface area contributed by atoms with Crippen molar-refractivity contribution in [1.82, 2.24) is 9.73 Å². The van der Waals surface area contributed by atoms with Crippen molar-refractivity contribution in [2.45, 2.75) is 25.3 Å². The molecule has 11 heteroatoms. The van der Waals surface area contributed by atoms with Crippen LogP contribution in [0.2, 0.25) is 0 Å². The maximum Gasteiger partial charge on any atom is 0.255 e. The third-order valence-corrected chi connectivity index (χ3v) is 6.83. The smallest absolute Gasteiger partial charge is 0.255 e. The molecular formula is C26H28N4O6S. The Morgan fingerprint density at radius 3 is 2.41 bits per heavy atom. The molecule has 3 N–H and O–H groups in total. The molecule has 0 aliphatic rings.